The number of rotatable bonds is 3. The van der Waals surface area contributed by atoms with E-state index in [-0.39, 0.29) is 0 Å². The van der Waals surface area contributed by atoms with Crippen molar-refractivity contribution in [1.29, 1.82) is 0 Å². The maximum atomic E-state index is 5.55. The molecule has 0 heterocycles. The highest BCUT2D eigenvalue weighted by Crippen LogP contribution is 2.26. The average molecular weight is 143 g/mol. The first-order valence-electron chi connectivity index (χ1n) is 4.11. The van der Waals surface area contributed by atoms with Gasteiger partial charge >= 0.3 is 0 Å². The standard InChI is InChI=1S/C8H17NO/c1-7-4-3-5-8(7)10-6-9-2/h7-9H,3-6H2,1-2H3/t7-,8?/m0/s1. The second kappa shape index (κ2) is 3.94. The molecule has 10 heavy (non-hydrogen) atoms. The zero-order valence-corrected chi connectivity index (χ0v) is 6.89. The summed E-state index contributed by atoms with van der Waals surface area (Å²) in [5.41, 5.74) is 0. The minimum Gasteiger partial charge on any atom is -0.363 e. The van der Waals surface area contributed by atoms with Crippen LogP contribution in [0.1, 0.15) is 26.2 Å². The predicted octanol–water partition coefficient (Wildman–Crippen LogP) is 1.37. The van der Waals surface area contributed by atoms with Crippen molar-refractivity contribution in [2.45, 2.75) is 32.3 Å². The molecule has 1 fully saturated rings. The van der Waals surface area contributed by atoms with Crippen molar-refractivity contribution in [3.05, 3.63) is 0 Å². The van der Waals surface area contributed by atoms with E-state index in [0.717, 1.165) is 5.92 Å². The maximum Gasteiger partial charge on any atom is 0.0966 e. The Morgan fingerprint density at radius 3 is 2.80 bits per heavy atom. The van der Waals surface area contributed by atoms with Crippen LogP contribution in [0.5, 0.6) is 0 Å². The Morgan fingerprint density at radius 1 is 1.50 bits per heavy atom. The Morgan fingerprint density at radius 2 is 2.30 bits per heavy atom. The molecule has 2 atom stereocenters. The largest absolute Gasteiger partial charge is 0.363 e. The van der Waals surface area contributed by atoms with Gasteiger partial charge in [-0.3, -0.25) is 5.32 Å². The quantitative estimate of drug-likeness (QED) is 0.602. The fourth-order valence-corrected chi connectivity index (χ4v) is 1.55. The molecule has 2 nitrogen and oxygen atoms in total. The Bertz CT molecular complexity index is 95.3. The highest BCUT2D eigenvalue weighted by atomic mass is 16.5. The van der Waals surface area contributed by atoms with Gasteiger partial charge in [-0.2, -0.15) is 0 Å². The molecule has 0 aromatic rings. The summed E-state index contributed by atoms with van der Waals surface area (Å²) in [5, 5.41) is 2.99. The summed E-state index contributed by atoms with van der Waals surface area (Å²) >= 11 is 0. The van der Waals surface area contributed by atoms with Crippen LogP contribution >= 0.6 is 0 Å². The molecule has 0 aromatic heterocycles. The Kier molecular flexibility index (Phi) is 3.16. The van der Waals surface area contributed by atoms with Crippen molar-refractivity contribution in [3.8, 4) is 0 Å². The van der Waals surface area contributed by atoms with Crippen molar-refractivity contribution >= 4 is 0 Å². The van der Waals surface area contributed by atoms with Crippen LogP contribution in [-0.2, 0) is 4.74 Å². The van der Waals surface area contributed by atoms with E-state index in [0.29, 0.717) is 12.8 Å². The first-order valence-corrected chi connectivity index (χ1v) is 4.11. The second-order valence-corrected chi connectivity index (χ2v) is 3.11. The zero-order chi connectivity index (χ0) is 7.40. The van der Waals surface area contributed by atoms with Gasteiger partial charge in [0.25, 0.3) is 0 Å². The Labute approximate surface area is 63.0 Å². The van der Waals surface area contributed by atoms with Gasteiger partial charge in [-0.25, -0.2) is 0 Å². The molecular weight excluding hydrogens is 126 g/mol. The van der Waals surface area contributed by atoms with Crippen LogP contribution in [0.15, 0.2) is 0 Å². The van der Waals surface area contributed by atoms with E-state index in [1.165, 1.54) is 19.3 Å². The van der Waals surface area contributed by atoms with Gasteiger partial charge in [-0.1, -0.05) is 13.3 Å². The van der Waals surface area contributed by atoms with Crippen molar-refractivity contribution in [2.75, 3.05) is 13.8 Å². The van der Waals surface area contributed by atoms with E-state index in [1.54, 1.807) is 0 Å². The molecular formula is C8H17NO. The van der Waals surface area contributed by atoms with Gasteiger partial charge in [0.2, 0.25) is 0 Å². The lowest BCUT2D eigenvalue weighted by Crippen LogP contribution is -2.22. The van der Waals surface area contributed by atoms with E-state index in [2.05, 4.69) is 12.2 Å². The normalized spacial score (nSPS) is 33.0. The fourth-order valence-electron chi connectivity index (χ4n) is 1.55. The van der Waals surface area contributed by atoms with Crippen LogP contribution in [0.4, 0.5) is 0 Å². The van der Waals surface area contributed by atoms with Gasteiger partial charge in [-0.15, -0.1) is 0 Å². The summed E-state index contributed by atoms with van der Waals surface area (Å²) in [6, 6.07) is 0. The molecule has 0 aliphatic heterocycles. The molecule has 0 bridgehead atoms. The Hall–Kier alpha value is -0.0800. The van der Waals surface area contributed by atoms with Gasteiger partial charge < -0.3 is 4.74 Å². The predicted molar refractivity (Wildman–Crippen MR) is 41.8 cm³/mol. The van der Waals surface area contributed by atoms with Crippen molar-refractivity contribution < 1.29 is 4.74 Å². The van der Waals surface area contributed by atoms with Crippen LogP contribution in [0.25, 0.3) is 0 Å². The molecule has 0 spiro atoms. The van der Waals surface area contributed by atoms with Crippen molar-refractivity contribution in [1.82, 2.24) is 5.32 Å². The van der Waals surface area contributed by atoms with Gasteiger partial charge in [0.1, 0.15) is 0 Å². The van der Waals surface area contributed by atoms with Crippen LogP contribution in [-0.4, -0.2) is 19.9 Å². The molecule has 1 rings (SSSR count). The van der Waals surface area contributed by atoms with E-state index in [9.17, 15) is 0 Å². The summed E-state index contributed by atoms with van der Waals surface area (Å²) in [5.74, 6) is 0.772. The summed E-state index contributed by atoms with van der Waals surface area (Å²) in [7, 11) is 1.92. The summed E-state index contributed by atoms with van der Waals surface area (Å²) < 4.78 is 5.55. The summed E-state index contributed by atoms with van der Waals surface area (Å²) in [4.78, 5) is 0. The van der Waals surface area contributed by atoms with Gasteiger partial charge in [0.15, 0.2) is 0 Å². The third kappa shape index (κ3) is 1.96. The first kappa shape index (κ1) is 8.02. The van der Waals surface area contributed by atoms with Crippen LogP contribution < -0.4 is 5.32 Å². The van der Waals surface area contributed by atoms with Gasteiger partial charge in [0, 0.05) is 0 Å². The molecule has 1 N–H and O–H groups in total. The third-order valence-electron chi connectivity index (χ3n) is 2.22. The summed E-state index contributed by atoms with van der Waals surface area (Å²) in [6.45, 7) is 2.97. The minimum absolute atomic E-state index is 0.521. The van der Waals surface area contributed by atoms with E-state index in [4.69, 9.17) is 4.74 Å². The molecule has 1 aliphatic carbocycles. The lowest BCUT2D eigenvalue weighted by molar-refractivity contribution is 0.0244. The molecule has 60 valence electrons. The highest BCUT2D eigenvalue weighted by molar-refractivity contribution is 4.73. The Balaban J connectivity index is 2.14. The number of hydrogen-bond donors (Lipinski definition) is 1. The van der Waals surface area contributed by atoms with Crippen LogP contribution in [0.3, 0.4) is 0 Å². The molecule has 0 aromatic carbocycles. The molecule has 2 heteroatoms. The smallest absolute Gasteiger partial charge is 0.0966 e. The van der Waals surface area contributed by atoms with Crippen molar-refractivity contribution in [2.24, 2.45) is 5.92 Å². The van der Waals surface area contributed by atoms with E-state index < -0.39 is 0 Å². The second-order valence-electron chi connectivity index (χ2n) is 3.11. The third-order valence-corrected chi connectivity index (χ3v) is 2.22. The van der Waals surface area contributed by atoms with Gasteiger partial charge in [0.05, 0.1) is 12.8 Å². The fraction of sp³-hybridized carbons (Fsp3) is 1.00. The topological polar surface area (TPSA) is 21.3 Å². The monoisotopic (exact) mass is 143 g/mol. The lowest BCUT2D eigenvalue weighted by Gasteiger charge is -2.15. The lowest BCUT2D eigenvalue weighted by atomic mass is 10.1. The van der Waals surface area contributed by atoms with Crippen LogP contribution in [0.2, 0.25) is 0 Å². The van der Waals surface area contributed by atoms with E-state index in [1.807, 2.05) is 7.05 Å². The van der Waals surface area contributed by atoms with Crippen molar-refractivity contribution in [3.63, 3.8) is 0 Å². The van der Waals surface area contributed by atoms with Gasteiger partial charge in [-0.05, 0) is 25.8 Å². The molecule has 0 radical (unpaired) electrons. The molecule has 1 saturated carbocycles. The molecule has 0 saturated heterocycles. The molecule has 1 unspecified atom stereocenters. The number of hydrogen-bond acceptors (Lipinski definition) is 2. The zero-order valence-electron chi connectivity index (χ0n) is 6.89. The maximum absolute atomic E-state index is 5.55. The SMILES string of the molecule is CNCOC1CCC[C@@H]1C. The minimum atomic E-state index is 0.521. The molecule has 1 aliphatic rings. The number of ether oxygens (including phenoxy) is 1. The number of nitrogens with one attached hydrogen (secondary N) is 1. The van der Waals surface area contributed by atoms with E-state index >= 15 is 0 Å². The highest BCUT2D eigenvalue weighted by Gasteiger charge is 2.23. The summed E-state index contributed by atoms with van der Waals surface area (Å²) in [6.07, 6.45) is 4.46. The van der Waals surface area contributed by atoms with Crippen LogP contribution in [0, 0.1) is 5.92 Å². The first-order chi connectivity index (χ1) is 4.84. The average Bonchev–Trinajstić information content (AvgIpc) is 2.31. The molecule has 0 amide bonds.